The molecule has 1 N–H and O–H groups in total. The van der Waals surface area contributed by atoms with Crippen LogP contribution >= 0.6 is 11.6 Å². The lowest BCUT2D eigenvalue weighted by atomic mass is 10.2. The van der Waals surface area contributed by atoms with Crippen LogP contribution in [0, 0.1) is 6.92 Å². The topological polar surface area (TPSA) is 72.7 Å². The first-order chi connectivity index (χ1) is 10.0. The van der Waals surface area contributed by atoms with E-state index in [-0.39, 0.29) is 11.1 Å². The number of aryl methyl sites for hydroxylation is 2. The minimum absolute atomic E-state index is 0.262. The minimum Gasteiger partial charge on any atom is -0.321 e. The van der Waals surface area contributed by atoms with Gasteiger partial charge in [-0.15, -0.1) is 0 Å². The lowest BCUT2D eigenvalue weighted by Crippen LogP contribution is -2.12. The van der Waals surface area contributed by atoms with Crippen LogP contribution in [0.15, 0.2) is 30.6 Å². The molecule has 3 rings (SSSR count). The van der Waals surface area contributed by atoms with Gasteiger partial charge in [0.15, 0.2) is 5.65 Å². The molecule has 0 aromatic carbocycles. The summed E-state index contributed by atoms with van der Waals surface area (Å²) < 4.78 is 1.71. The average molecular weight is 302 g/mol. The van der Waals surface area contributed by atoms with Gasteiger partial charge in [0.05, 0.1) is 17.6 Å². The van der Waals surface area contributed by atoms with Crippen LogP contribution in [0.25, 0.3) is 11.0 Å². The fourth-order valence-corrected chi connectivity index (χ4v) is 2.30. The van der Waals surface area contributed by atoms with E-state index in [2.05, 4.69) is 20.4 Å². The average Bonchev–Trinajstić information content (AvgIpc) is 2.74. The van der Waals surface area contributed by atoms with Gasteiger partial charge in [-0.05, 0) is 25.1 Å². The molecule has 0 saturated heterocycles. The van der Waals surface area contributed by atoms with E-state index in [0.29, 0.717) is 11.3 Å². The van der Waals surface area contributed by atoms with Crippen molar-refractivity contribution >= 4 is 34.2 Å². The van der Waals surface area contributed by atoms with E-state index in [0.717, 1.165) is 16.7 Å². The van der Waals surface area contributed by atoms with Crippen LogP contribution in [0.1, 0.15) is 16.1 Å². The molecule has 0 aliphatic rings. The predicted octanol–water partition coefficient (Wildman–Crippen LogP) is 2.58. The lowest BCUT2D eigenvalue weighted by Gasteiger charge is -2.05. The quantitative estimate of drug-likeness (QED) is 0.738. The molecular weight excluding hydrogens is 290 g/mol. The number of carbonyl (C=O) groups is 1. The number of amides is 1. The highest BCUT2D eigenvalue weighted by Crippen LogP contribution is 2.20. The molecule has 106 valence electrons. The molecule has 0 aliphatic heterocycles. The SMILES string of the molecule is Cc1nn(C)c2ncc(NC(=O)c3ccnc(Cl)c3)cc12. The molecule has 3 aromatic rings. The van der Waals surface area contributed by atoms with Gasteiger partial charge in [-0.3, -0.25) is 9.48 Å². The van der Waals surface area contributed by atoms with Gasteiger partial charge in [-0.1, -0.05) is 11.6 Å². The first-order valence-corrected chi connectivity index (χ1v) is 6.64. The molecule has 21 heavy (non-hydrogen) atoms. The monoisotopic (exact) mass is 301 g/mol. The van der Waals surface area contributed by atoms with Gasteiger partial charge >= 0.3 is 0 Å². The number of rotatable bonds is 2. The third kappa shape index (κ3) is 2.57. The fraction of sp³-hybridized carbons (Fsp3) is 0.143. The number of nitrogens with one attached hydrogen (secondary N) is 1. The molecule has 3 aromatic heterocycles. The van der Waals surface area contributed by atoms with E-state index in [1.54, 1.807) is 16.9 Å². The van der Waals surface area contributed by atoms with Crippen LogP contribution in [-0.4, -0.2) is 25.7 Å². The standard InChI is InChI=1S/C14H12ClN5O/c1-8-11-6-10(7-17-13(11)20(2)19-8)18-14(21)9-3-4-16-12(15)5-9/h3-7H,1-2H3,(H,18,21). The van der Waals surface area contributed by atoms with Crippen LogP contribution in [0.5, 0.6) is 0 Å². The summed E-state index contributed by atoms with van der Waals surface area (Å²) in [4.78, 5) is 20.3. The molecule has 0 radical (unpaired) electrons. The molecule has 3 heterocycles. The molecule has 0 unspecified atom stereocenters. The number of aromatic nitrogens is 4. The number of anilines is 1. The fourth-order valence-electron chi connectivity index (χ4n) is 2.12. The summed E-state index contributed by atoms with van der Waals surface area (Å²) in [6, 6.07) is 4.96. The number of carbonyl (C=O) groups excluding carboxylic acids is 1. The van der Waals surface area contributed by atoms with Crippen LogP contribution in [0.3, 0.4) is 0 Å². The Labute approximate surface area is 125 Å². The predicted molar refractivity (Wildman–Crippen MR) is 80.4 cm³/mol. The zero-order chi connectivity index (χ0) is 15.0. The van der Waals surface area contributed by atoms with Crippen LogP contribution in [0.4, 0.5) is 5.69 Å². The lowest BCUT2D eigenvalue weighted by molar-refractivity contribution is 0.102. The van der Waals surface area contributed by atoms with Gasteiger partial charge in [0.1, 0.15) is 5.15 Å². The summed E-state index contributed by atoms with van der Waals surface area (Å²) in [5, 5.41) is 8.27. The smallest absolute Gasteiger partial charge is 0.255 e. The van der Waals surface area contributed by atoms with Gasteiger partial charge in [-0.25, -0.2) is 9.97 Å². The van der Waals surface area contributed by atoms with Crippen molar-refractivity contribution in [2.75, 3.05) is 5.32 Å². The van der Waals surface area contributed by atoms with E-state index in [9.17, 15) is 4.79 Å². The van der Waals surface area contributed by atoms with Crippen molar-refractivity contribution < 1.29 is 4.79 Å². The van der Waals surface area contributed by atoms with E-state index >= 15 is 0 Å². The van der Waals surface area contributed by atoms with Crippen LogP contribution < -0.4 is 5.32 Å². The van der Waals surface area contributed by atoms with Gasteiger partial charge in [0.2, 0.25) is 0 Å². The Morgan fingerprint density at radius 1 is 1.33 bits per heavy atom. The van der Waals surface area contributed by atoms with Crippen molar-refractivity contribution in [3.8, 4) is 0 Å². The third-order valence-corrected chi connectivity index (χ3v) is 3.32. The van der Waals surface area contributed by atoms with Crippen molar-refractivity contribution in [1.82, 2.24) is 19.7 Å². The first-order valence-electron chi connectivity index (χ1n) is 6.27. The number of hydrogen-bond acceptors (Lipinski definition) is 4. The van der Waals surface area contributed by atoms with Crippen molar-refractivity contribution in [1.29, 1.82) is 0 Å². The van der Waals surface area contributed by atoms with E-state index in [1.165, 1.54) is 12.3 Å². The molecule has 0 atom stereocenters. The number of pyridine rings is 2. The van der Waals surface area contributed by atoms with Crippen molar-refractivity contribution in [2.24, 2.45) is 7.05 Å². The number of nitrogens with zero attached hydrogens (tertiary/aromatic N) is 4. The Hall–Kier alpha value is -2.47. The molecule has 0 saturated carbocycles. The van der Waals surface area contributed by atoms with Crippen LogP contribution in [0.2, 0.25) is 5.15 Å². The third-order valence-electron chi connectivity index (χ3n) is 3.11. The number of halogens is 1. The second-order valence-electron chi connectivity index (χ2n) is 4.63. The van der Waals surface area contributed by atoms with Crippen molar-refractivity contribution in [3.63, 3.8) is 0 Å². The highest BCUT2D eigenvalue weighted by atomic mass is 35.5. The van der Waals surface area contributed by atoms with Gasteiger partial charge in [0.25, 0.3) is 5.91 Å². The number of hydrogen-bond donors (Lipinski definition) is 1. The zero-order valence-corrected chi connectivity index (χ0v) is 12.2. The maximum atomic E-state index is 12.1. The van der Waals surface area contributed by atoms with Gasteiger partial charge < -0.3 is 5.32 Å². The maximum absolute atomic E-state index is 12.1. The Morgan fingerprint density at radius 3 is 2.90 bits per heavy atom. The van der Waals surface area contributed by atoms with Crippen LogP contribution in [-0.2, 0) is 7.05 Å². The largest absolute Gasteiger partial charge is 0.321 e. The highest BCUT2D eigenvalue weighted by Gasteiger charge is 2.10. The normalized spacial score (nSPS) is 10.8. The van der Waals surface area contributed by atoms with E-state index in [1.807, 2.05) is 20.0 Å². The molecule has 0 spiro atoms. The summed E-state index contributed by atoms with van der Waals surface area (Å²) in [5.74, 6) is -0.262. The molecule has 6 nitrogen and oxygen atoms in total. The van der Waals surface area contributed by atoms with E-state index in [4.69, 9.17) is 11.6 Å². The summed E-state index contributed by atoms with van der Waals surface area (Å²) in [5.41, 5.74) is 2.69. The summed E-state index contributed by atoms with van der Waals surface area (Å²) in [6.45, 7) is 1.90. The summed E-state index contributed by atoms with van der Waals surface area (Å²) in [6.07, 6.45) is 3.09. The summed E-state index contributed by atoms with van der Waals surface area (Å²) in [7, 11) is 1.83. The second-order valence-corrected chi connectivity index (χ2v) is 5.01. The Bertz CT molecular complexity index is 842. The molecule has 7 heteroatoms. The minimum atomic E-state index is -0.262. The highest BCUT2D eigenvalue weighted by molar-refractivity contribution is 6.29. The van der Waals surface area contributed by atoms with Crippen molar-refractivity contribution in [3.05, 3.63) is 47.0 Å². The van der Waals surface area contributed by atoms with Gasteiger partial charge in [0, 0.05) is 24.2 Å². The van der Waals surface area contributed by atoms with E-state index < -0.39 is 0 Å². The molecular formula is C14H12ClN5O. The Balaban J connectivity index is 1.91. The second kappa shape index (κ2) is 5.14. The summed E-state index contributed by atoms with van der Waals surface area (Å²) >= 11 is 5.78. The molecule has 1 amide bonds. The van der Waals surface area contributed by atoms with Gasteiger partial charge in [-0.2, -0.15) is 5.10 Å². The Kier molecular flexibility index (Phi) is 3.31. The zero-order valence-electron chi connectivity index (χ0n) is 11.5. The number of fused-ring (bicyclic) bond motifs is 1. The maximum Gasteiger partial charge on any atom is 0.255 e. The first kappa shape index (κ1) is 13.5. The molecule has 0 bridgehead atoms. The van der Waals surface area contributed by atoms with Crippen molar-refractivity contribution in [2.45, 2.75) is 6.92 Å². The molecule has 0 aliphatic carbocycles. The molecule has 0 fully saturated rings. The Morgan fingerprint density at radius 2 is 2.14 bits per heavy atom.